The minimum absolute atomic E-state index is 0.0729. The van der Waals surface area contributed by atoms with E-state index in [-0.39, 0.29) is 17.9 Å². The van der Waals surface area contributed by atoms with E-state index in [1.807, 2.05) is 13.0 Å². The molecule has 1 aliphatic heterocycles. The number of benzene rings is 1. The number of amides is 2. The number of alkyl halides is 2. The van der Waals surface area contributed by atoms with Crippen LogP contribution in [0.1, 0.15) is 66.2 Å². The minimum Gasteiger partial charge on any atom is -0.487 e. The zero-order chi connectivity index (χ0) is 23.0. The summed E-state index contributed by atoms with van der Waals surface area (Å²) in [4.78, 5) is 31.4. The molecule has 0 radical (unpaired) electrons. The van der Waals surface area contributed by atoms with Crippen LogP contribution in [0.15, 0.2) is 30.5 Å². The van der Waals surface area contributed by atoms with Gasteiger partial charge in [-0.05, 0) is 55.9 Å². The molecule has 2 heterocycles. The van der Waals surface area contributed by atoms with Crippen molar-refractivity contribution in [2.75, 3.05) is 11.9 Å². The third-order valence-electron chi connectivity index (χ3n) is 5.93. The zero-order valence-electron chi connectivity index (χ0n) is 18.5. The van der Waals surface area contributed by atoms with Crippen LogP contribution in [0.25, 0.3) is 0 Å². The molecule has 32 heavy (non-hydrogen) atoms. The van der Waals surface area contributed by atoms with Crippen molar-refractivity contribution in [2.24, 2.45) is 5.92 Å². The summed E-state index contributed by atoms with van der Waals surface area (Å²) in [5.41, 5.74) is 2.84. The Hall–Kier alpha value is -3.03. The van der Waals surface area contributed by atoms with E-state index in [4.69, 9.17) is 4.74 Å². The Kier molecular flexibility index (Phi) is 5.88. The van der Waals surface area contributed by atoms with Gasteiger partial charge in [0.1, 0.15) is 11.6 Å². The number of ether oxygens (including phenoxy) is 1. The van der Waals surface area contributed by atoms with Gasteiger partial charge in [0.05, 0.1) is 12.6 Å². The number of aryl methyl sites for hydroxylation is 1. The molecule has 2 aliphatic rings. The third kappa shape index (κ3) is 4.89. The number of fused-ring (bicyclic) bond motifs is 1. The van der Waals surface area contributed by atoms with Crippen LogP contribution in [-0.2, 0) is 11.3 Å². The highest BCUT2D eigenvalue weighted by Crippen LogP contribution is 2.36. The molecule has 1 unspecified atom stereocenters. The summed E-state index contributed by atoms with van der Waals surface area (Å²) < 4.78 is 31.4. The van der Waals surface area contributed by atoms with Gasteiger partial charge in [-0.1, -0.05) is 12.1 Å². The number of nitrogens with zero attached hydrogens (tertiary/aromatic N) is 2. The fourth-order valence-corrected chi connectivity index (χ4v) is 3.92. The van der Waals surface area contributed by atoms with Gasteiger partial charge in [-0.15, -0.1) is 0 Å². The second kappa shape index (κ2) is 8.48. The number of anilines is 1. The molecule has 1 saturated carbocycles. The summed E-state index contributed by atoms with van der Waals surface area (Å²) in [6.45, 7) is 4.16. The van der Waals surface area contributed by atoms with Gasteiger partial charge in [-0.3, -0.25) is 9.59 Å². The number of carbonyl (C=O) groups excluding carboxylic acids is 2. The quantitative estimate of drug-likeness (QED) is 0.631. The average Bonchev–Trinajstić information content (AvgIpc) is 3.47. The maximum absolute atomic E-state index is 13.1. The lowest BCUT2D eigenvalue weighted by molar-refractivity contribution is -0.116. The predicted molar refractivity (Wildman–Crippen MR) is 116 cm³/mol. The van der Waals surface area contributed by atoms with Gasteiger partial charge in [0.2, 0.25) is 5.91 Å². The summed E-state index contributed by atoms with van der Waals surface area (Å²) in [5, 5.41) is 2.87. The molecule has 6 nitrogen and oxygen atoms in total. The Labute approximate surface area is 186 Å². The smallest absolute Gasteiger partial charge is 0.278 e. The van der Waals surface area contributed by atoms with E-state index in [1.165, 1.54) is 6.20 Å². The van der Waals surface area contributed by atoms with Gasteiger partial charge in [0.15, 0.2) is 6.61 Å². The molecule has 2 amide bonds. The molecule has 1 aliphatic carbocycles. The summed E-state index contributed by atoms with van der Waals surface area (Å²) >= 11 is 0. The normalized spacial score (nSPS) is 16.7. The number of hydrogen-bond donors (Lipinski definition) is 1. The van der Waals surface area contributed by atoms with Gasteiger partial charge >= 0.3 is 0 Å². The van der Waals surface area contributed by atoms with Crippen molar-refractivity contribution in [2.45, 2.75) is 58.5 Å². The minimum atomic E-state index is -2.91. The molecule has 0 spiro atoms. The van der Waals surface area contributed by atoms with Crippen LogP contribution in [0.5, 0.6) is 5.75 Å². The van der Waals surface area contributed by atoms with Gasteiger partial charge < -0.3 is 15.0 Å². The number of hydrogen-bond acceptors (Lipinski definition) is 4. The van der Waals surface area contributed by atoms with Gasteiger partial charge in [0, 0.05) is 30.7 Å². The highest BCUT2D eigenvalue weighted by molar-refractivity contribution is 6.01. The lowest BCUT2D eigenvalue weighted by atomic mass is 10.0. The number of nitrogens with one attached hydrogen (secondary N) is 1. The number of halogens is 2. The molecule has 1 aromatic heterocycles. The van der Waals surface area contributed by atoms with Crippen molar-refractivity contribution in [1.82, 2.24) is 9.88 Å². The fourth-order valence-electron chi connectivity index (χ4n) is 3.92. The first kappa shape index (κ1) is 22.2. The Balaban J connectivity index is 1.49. The van der Waals surface area contributed by atoms with Gasteiger partial charge in [0.25, 0.3) is 11.8 Å². The van der Waals surface area contributed by atoms with E-state index in [1.54, 1.807) is 30.0 Å². The summed E-state index contributed by atoms with van der Waals surface area (Å²) in [7, 11) is 0. The second-order valence-corrected chi connectivity index (χ2v) is 8.87. The van der Waals surface area contributed by atoms with E-state index < -0.39 is 12.5 Å². The van der Waals surface area contributed by atoms with Crippen LogP contribution in [0.4, 0.5) is 14.6 Å². The molecule has 8 heteroatoms. The highest BCUT2D eigenvalue weighted by Gasteiger charge is 2.34. The number of rotatable bonds is 8. The molecule has 0 bridgehead atoms. The van der Waals surface area contributed by atoms with E-state index >= 15 is 0 Å². The number of aromatic nitrogens is 1. The maximum Gasteiger partial charge on any atom is 0.278 e. The lowest BCUT2D eigenvalue weighted by Gasteiger charge is -2.25. The molecule has 0 saturated heterocycles. The Morgan fingerprint density at radius 1 is 1.34 bits per heavy atom. The first-order valence-corrected chi connectivity index (χ1v) is 10.8. The van der Waals surface area contributed by atoms with E-state index in [2.05, 4.69) is 10.3 Å². The predicted octanol–water partition coefficient (Wildman–Crippen LogP) is 4.88. The zero-order valence-corrected chi connectivity index (χ0v) is 18.5. The van der Waals surface area contributed by atoms with Crippen LogP contribution >= 0.6 is 0 Å². The van der Waals surface area contributed by atoms with Crippen molar-refractivity contribution in [3.63, 3.8) is 0 Å². The SMILES string of the molecule is Cc1cc(C(C)N2Cc3c(ccnc3NC(=O)CC3CC3)C2=O)ccc1OCC(C)(F)F. The molecule has 1 aromatic carbocycles. The van der Waals surface area contributed by atoms with E-state index in [0.717, 1.165) is 36.5 Å². The third-order valence-corrected chi connectivity index (χ3v) is 5.93. The van der Waals surface area contributed by atoms with Crippen LogP contribution in [0.3, 0.4) is 0 Å². The van der Waals surface area contributed by atoms with Crippen LogP contribution in [-0.4, -0.2) is 34.2 Å². The standard InChI is InChI=1S/C24H27F2N3O3/c1-14-10-17(6-7-20(14)32-13-24(3,25)26)15(2)29-12-19-18(23(29)31)8-9-27-22(19)28-21(30)11-16-4-5-16/h6-10,15-16H,4-5,11-13H2,1-3H3,(H,27,28,30). The van der Waals surface area contributed by atoms with Crippen molar-refractivity contribution in [1.29, 1.82) is 0 Å². The molecule has 1 fully saturated rings. The molecular formula is C24H27F2N3O3. The first-order chi connectivity index (χ1) is 15.1. The fraction of sp³-hybridized carbons (Fsp3) is 0.458. The molecule has 170 valence electrons. The highest BCUT2D eigenvalue weighted by atomic mass is 19.3. The number of pyridine rings is 1. The van der Waals surface area contributed by atoms with Crippen molar-refractivity contribution < 1.29 is 23.1 Å². The van der Waals surface area contributed by atoms with Gasteiger partial charge in [-0.2, -0.15) is 0 Å². The summed E-state index contributed by atoms with van der Waals surface area (Å²) in [6, 6.07) is 6.71. The monoisotopic (exact) mass is 443 g/mol. The molecule has 2 aromatic rings. The maximum atomic E-state index is 13.1. The summed E-state index contributed by atoms with van der Waals surface area (Å²) in [6.07, 6.45) is 4.19. The summed E-state index contributed by atoms with van der Waals surface area (Å²) in [5.74, 6) is -1.82. The molecule has 4 rings (SSSR count). The van der Waals surface area contributed by atoms with Crippen molar-refractivity contribution in [3.05, 3.63) is 52.7 Å². The largest absolute Gasteiger partial charge is 0.487 e. The first-order valence-electron chi connectivity index (χ1n) is 10.8. The van der Waals surface area contributed by atoms with Crippen LogP contribution < -0.4 is 10.1 Å². The van der Waals surface area contributed by atoms with Crippen LogP contribution in [0, 0.1) is 12.8 Å². The second-order valence-electron chi connectivity index (χ2n) is 8.87. The van der Waals surface area contributed by atoms with Crippen LogP contribution in [0.2, 0.25) is 0 Å². The number of carbonyl (C=O) groups is 2. The molecule has 1 atom stereocenters. The Bertz CT molecular complexity index is 1050. The van der Waals surface area contributed by atoms with Crippen molar-refractivity contribution in [3.8, 4) is 5.75 Å². The Morgan fingerprint density at radius 3 is 2.75 bits per heavy atom. The average molecular weight is 443 g/mol. The lowest BCUT2D eigenvalue weighted by Crippen LogP contribution is -2.27. The van der Waals surface area contributed by atoms with Gasteiger partial charge in [-0.25, -0.2) is 13.8 Å². The van der Waals surface area contributed by atoms with E-state index in [9.17, 15) is 18.4 Å². The molecular weight excluding hydrogens is 416 g/mol. The Morgan fingerprint density at radius 2 is 2.09 bits per heavy atom. The molecule has 1 N–H and O–H groups in total. The van der Waals surface area contributed by atoms with Crippen molar-refractivity contribution >= 4 is 17.6 Å². The topological polar surface area (TPSA) is 71.5 Å². The van der Waals surface area contributed by atoms with E-state index in [0.29, 0.717) is 36.0 Å².